The van der Waals surface area contributed by atoms with Crippen LogP contribution >= 0.6 is 0 Å². The highest BCUT2D eigenvalue weighted by Gasteiger charge is 2.21. The zero-order chi connectivity index (χ0) is 13.1. The van der Waals surface area contributed by atoms with Gasteiger partial charge in [-0.1, -0.05) is 11.6 Å². The first kappa shape index (κ1) is 12.5. The van der Waals surface area contributed by atoms with Gasteiger partial charge in [-0.3, -0.25) is 14.6 Å². The molecule has 18 heavy (non-hydrogen) atoms. The van der Waals surface area contributed by atoms with Gasteiger partial charge < -0.3 is 4.74 Å². The second-order valence-electron chi connectivity index (χ2n) is 4.28. The van der Waals surface area contributed by atoms with Gasteiger partial charge in [0, 0.05) is 11.3 Å². The first-order valence-corrected chi connectivity index (χ1v) is 5.96. The Morgan fingerprint density at radius 1 is 1.44 bits per heavy atom. The topological polar surface area (TPSA) is 55.7 Å². The minimum atomic E-state index is -0.334. The van der Waals surface area contributed by atoms with E-state index in [-0.39, 0.29) is 24.6 Å². The number of benzene rings is 1. The fourth-order valence-electron chi connectivity index (χ4n) is 1.94. The fraction of sp³-hybridized carbons (Fsp3) is 0.357. The van der Waals surface area contributed by atoms with Gasteiger partial charge in [-0.05, 0) is 26.0 Å². The molecule has 0 spiro atoms. The molecule has 0 fully saturated rings. The molecule has 0 atom stereocenters. The third-order valence-corrected chi connectivity index (χ3v) is 2.75. The summed E-state index contributed by atoms with van der Waals surface area (Å²) < 4.78 is 4.86. The van der Waals surface area contributed by atoms with Gasteiger partial charge in [0.05, 0.1) is 25.1 Å². The average molecular weight is 245 g/mol. The molecule has 0 unspecified atom stereocenters. The number of carbonyl (C=O) groups excluding carboxylic acids is 2. The number of nitrogens with zero attached hydrogens (tertiary/aromatic N) is 1. The van der Waals surface area contributed by atoms with Gasteiger partial charge in [0.15, 0.2) is 5.78 Å². The Bertz CT molecular complexity index is 532. The standard InChI is InChI=1S/C14H15NO3/c1-3-18-14(17)8-10-7-13(16)11-6-9(2)4-5-12(11)15-10/h4-6H,3,7-8H2,1-2H3. The molecular weight excluding hydrogens is 230 g/mol. The summed E-state index contributed by atoms with van der Waals surface area (Å²) in [6.07, 6.45) is 0.294. The van der Waals surface area contributed by atoms with Gasteiger partial charge in [0.25, 0.3) is 0 Å². The van der Waals surface area contributed by atoms with Crippen LogP contribution in [0.3, 0.4) is 0 Å². The van der Waals surface area contributed by atoms with E-state index in [0.29, 0.717) is 23.6 Å². The minimum Gasteiger partial charge on any atom is -0.466 e. The molecule has 1 aliphatic rings. The predicted octanol–water partition coefficient (Wildman–Crippen LogP) is 2.61. The molecule has 0 saturated heterocycles. The summed E-state index contributed by atoms with van der Waals surface area (Å²) in [6.45, 7) is 4.03. The molecule has 1 aliphatic heterocycles. The lowest BCUT2D eigenvalue weighted by Gasteiger charge is -2.14. The van der Waals surface area contributed by atoms with Crippen LogP contribution in [0.15, 0.2) is 23.2 Å². The lowest BCUT2D eigenvalue weighted by molar-refractivity contribution is -0.141. The lowest BCUT2D eigenvalue weighted by atomic mass is 9.97. The molecule has 0 aromatic heterocycles. The highest BCUT2D eigenvalue weighted by Crippen LogP contribution is 2.27. The molecule has 0 saturated carbocycles. The van der Waals surface area contributed by atoms with Gasteiger partial charge in [-0.2, -0.15) is 0 Å². The summed E-state index contributed by atoms with van der Waals surface area (Å²) in [7, 11) is 0. The van der Waals surface area contributed by atoms with Crippen molar-refractivity contribution in [2.45, 2.75) is 26.7 Å². The number of aliphatic imine (C=N–C) groups is 1. The molecule has 0 bridgehead atoms. The van der Waals surface area contributed by atoms with Crippen LogP contribution in [0.1, 0.15) is 35.7 Å². The minimum absolute atomic E-state index is 0.0167. The maximum atomic E-state index is 12.0. The smallest absolute Gasteiger partial charge is 0.311 e. The van der Waals surface area contributed by atoms with Gasteiger partial charge in [0.1, 0.15) is 0 Å². The van der Waals surface area contributed by atoms with Crippen LogP contribution in [-0.2, 0) is 9.53 Å². The van der Waals surface area contributed by atoms with E-state index in [1.807, 2.05) is 25.1 Å². The molecule has 94 valence electrons. The Morgan fingerprint density at radius 3 is 2.94 bits per heavy atom. The average Bonchev–Trinajstić information content (AvgIpc) is 2.30. The Hall–Kier alpha value is -1.97. The van der Waals surface area contributed by atoms with Gasteiger partial charge in [-0.25, -0.2) is 0 Å². The summed E-state index contributed by atoms with van der Waals surface area (Å²) in [6, 6.07) is 5.55. The van der Waals surface area contributed by atoms with Crippen molar-refractivity contribution >= 4 is 23.2 Å². The van der Waals surface area contributed by atoms with Gasteiger partial charge >= 0.3 is 5.97 Å². The normalized spacial score (nSPS) is 13.9. The molecule has 1 aromatic rings. The fourth-order valence-corrected chi connectivity index (χ4v) is 1.94. The lowest BCUT2D eigenvalue weighted by Crippen LogP contribution is -2.18. The van der Waals surface area contributed by atoms with E-state index >= 15 is 0 Å². The molecular formula is C14H15NO3. The Balaban J connectivity index is 2.24. The van der Waals surface area contributed by atoms with Crippen LogP contribution in [0, 0.1) is 6.92 Å². The third kappa shape index (κ3) is 2.64. The summed E-state index contributed by atoms with van der Waals surface area (Å²) in [5.74, 6) is -0.317. The van der Waals surface area contributed by atoms with Crippen molar-refractivity contribution in [3.8, 4) is 0 Å². The van der Waals surface area contributed by atoms with Gasteiger partial charge in [0.2, 0.25) is 0 Å². The first-order chi connectivity index (χ1) is 8.60. The number of carbonyl (C=O) groups is 2. The number of aryl methyl sites for hydroxylation is 1. The molecule has 2 rings (SSSR count). The molecule has 0 radical (unpaired) electrons. The number of Topliss-reactive ketones (excluding diaryl/α,β-unsaturated/α-hetero) is 1. The van der Waals surface area contributed by atoms with Crippen molar-refractivity contribution < 1.29 is 14.3 Å². The highest BCUT2D eigenvalue weighted by atomic mass is 16.5. The number of ketones is 1. The van der Waals surface area contributed by atoms with Crippen LogP contribution in [0.4, 0.5) is 5.69 Å². The molecule has 4 heteroatoms. The third-order valence-electron chi connectivity index (χ3n) is 2.75. The molecule has 0 aliphatic carbocycles. The van der Waals surface area contributed by atoms with Crippen LogP contribution in [0.5, 0.6) is 0 Å². The maximum absolute atomic E-state index is 12.0. The SMILES string of the molecule is CCOC(=O)CC1=Nc2ccc(C)cc2C(=O)C1. The number of fused-ring (bicyclic) bond motifs is 1. The summed E-state index contributed by atoms with van der Waals surface area (Å²) >= 11 is 0. The molecule has 0 N–H and O–H groups in total. The quantitative estimate of drug-likeness (QED) is 0.769. The van der Waals surface area contributed by atoms with Crippen molar-refractivity contribution in [2.75, 3.05) is 6.61 Å². The van der Waals surface area contributed by atoms with E-state index in [2.05, 4.69) is 4.99 Å². The largest absolute Gasteiger partial charge is 0.466 e. The number of hydrogen-bond donors (Lipinski definition) is 0. The number of ether oxygens (including phenoxy) is 1. The Kier molecular flexibility index (Phi) is 3.55. The van der Waals surface area contributed by atoms with E-state index in [9.17, 15) is 9.59 Å². The van der Waals surface area contributed by atoms with E-state index in [1.165, 1.54) is 0 Å². The zero-order valence-corrected chi connectivity index (χ0v) is 10.5. The van der Waals surface area contributed by atoms with E-state index < -0.39 is 0 Å². The van der Waals surface area contributed by atoms with Crippen molar-refractivity contribution in [2.24, 2.45) is 4.99 Å². The Morgan fingerprint density at radius 2 is 2.22 bits per heavy atom. The molecule has 4 nitrogen and oxygen atoms in total. The summed E-state index contributed by atoms with van der Waals surface area (Å²) in [4.78, 5) is 27.7. The first-order valence-electron chi connectivity index (χ1n) is 5.96. The van der Waals surface area contributed by atoms with Crippen LogP contribution < -0.4 is 0 Å². The van der Waals surface area contributed by atoms with E-state index in [1.54, 1.807) is 6.92 Å². The maximum Gasteiger partial charge on any atom is 0.311 e. The Labute approximate surface area is 106 Å². The predicted molar refractivity (Wildman–Crippen MR) is 68.5 cm³/mol. The second kappa shape index (κ2) is 5.12. The molecule has 0 amide bonds. The van der Waals surface area contributed by atoms with E-state index in [0.717, 1.165) is 5.56 Å². The van der Waals surface area contributed by atoms with Crippen molar-refractivity contribution in [3.05, 3.63) is 29.3 Å². The monoisotopic (exact) mass is 245 g/mol. The second-order valence-corrected chi connectivity index (χ2v) is 4.28. The van der Waals surface area contributed by atoms with Gasteiger partial charge in [-0.15, -0.1) is 0 Å². The van der Waals surface area contributed by atoms with Crippen LogP contribution in [0.25, 0.3) is 0 Å². The number of hydrogen-bond acceptors (Lipinski definition) is 4. The van der Waals surface area contributed by atoms with Crippen LogP contribution in [0.2, 0.25) is 0 Å². The summed E-state index contributed by atoms with van der Waals surface area (Å²) in [5, 5.41) is 0. The van der Waals surface area contributed by atoms with Crippen LogP contribution in [-0.4, -0.2) is 24.1 Å². The van der Waals surface area contributed by atoms with Crippen molar-refractivity contribution in [1.82, 2.24) is 0 Å². The summed E-state index contributed by atoms with van der Waals surface area (Å²) in [5.41, 5.74) is 2.90. The van der Waals surface area contributed by atoms with E-state index in [4.69, 9.17) is 4.74 Å². The highest BCUT2D eigenvalue weighted by molar-refractivity contribution is 6.18. The van der Waals surface area contributed by atoms with Crippen molar-refractivity contribution in [1.29, 1.82) is 0 Å². The number of rotatable bonds is 3. The zero-order valence-electron chi connectivity index (χ0n) is 10.5. The van der Waals surface area contributed by atoms with Crippen molar-refractivity contribution in [3.63, 3.8) is 0 Å². The number of esters is 1. The molecule has 1 aromatic carbocycles. The molecule has 1 heterocycles.